The van der Waals surface area contributed by atoms with Crippen molar-refractivity contribution in [3.63, 3.8) is 0 Å². The lowest BCUT2D eigenvalue weighted by molar-refractivity contribution is 0.321. The number of hydrogen-bond donors (Lipinski definition) is 1. The largest absolute Gasteiger partial charge is 0.333 e. The molecule has 6 nitrogen and oxygen atoms in total. The predicted molar refractivity (Wildman–Crippen MR) is 109 cm³/mol. The van der Waals surface area contributed by atoms with E-state index < -0.39 is 0 Å². The second kappa shape index (κ2) is 6.87. The molecule has 28 heavy (non-hydrogen) atoms. The molecule has 0 saturated carbocycles. The highest BCUT2D eigenvalue weighted by atomic mass is 15.1. The van der Waals surface area contributed by atoms with Crippen molar-refractivity contribution in [2.75, 3.05) is 0 Å². The van der Waals surface area contributed by atoms with Gasteiger partial charge in [-0.1, -0.05) is 12.1 Å². The van der Waals surface area contributed by atoms with E-state index in [1.165, 1.54) is 12.0 Å². The summed E-state index contributed by atoms with van der Waals surface area (Å²) in [5.41, 5.74) is 6.64. The maximum absolute atomic E-state index is 4.94. The zero-order valence-corrected chi connectivity index (χ0v) is 16.2. The van der Waals surface area contributed by atoms with Crippen molar-refractivity contribution >= 4 is 5.65 Å². The van der Waals surface area contributed by atoms with E-state index in [0.29, 0.717) is 0 Å². The Labute approximate surface area is 164 Å². The number of aromatic nitrogens is 5. The third-order valence-electron chi connectivity index (χ3n) is 5.71. The van der Waals surface area contributed by atoms with Crippen LogP contribution >= 0.6 is 0 Å². The molecule has 4 aromatic rings. The number of pyridine rings is 2. The average molecular weight is 372 g/mol. The Bertz CT molecular complexity index is 1120. The average Bonchev–Trinajstić information content (AvgIpc) is 3.34. The Morgan fingerprint density at radius 3 is 2.79 bits per heavy atom. The molecule has 0 bridgehead atoms. The van der Waals surface area contributed by atoms with E-state index in [2.05, 4.69) is 57.1 Å². The molecule has 0 spiro atoms. The summed E-state index contributed by atoms with van der Waals surface area (Å²) in [5.74, 6) is 0. The van der Waals surface area contributed by atoms with Gasteiger partial charge in [-0.15, -0.1) is 0 Å². The second-order valence-corrected chi connectivity index (χ2v) is 7.60. The van der Waals surface area contributed by atoms with Gasteiger partial charge in [0.2, 0.25) is 0 Å². The fourth-order valence-electron chi connectivity index (χ4n) is 4.26. The van der Waals surface area contributed by atoms with Gasteiger partial charge in [0.25, 0.3) is 0 Å². The van der Waals surface area contributed by atoms with Crippen molar-refractivity contribution in [1.29, 1.82) is 0 Å². The zero-order valence-electron chi connectivity index (χ0n) is 16.2. The first kappa shape index (κ1) is 17.1. The topological polar surface area (TPSA) is 60.0 Å². The third-order valence-corrected chi connectivity index (χ3v) is 5.71. The molecule has 5 rings (SSSR count). The summed E-state index contributed by atoms with van der Waals surface area (Å²) in [4.78, 5) is 13.8. The SMILES string of the molecule is Cc1cccnc1C1CCCC(c2cn3c(-c4cncn4C)cccc3n2)N1. The highest BCUT2D eigenvalue weighted by molar-refractivity contribution is 5.60. The monoisotopic (exact) mass is 372 g/mol. The summed E-state index contributed by atoms with van der Waals surface area (Å²) in [6.45, 7) is 2.14. The number of imidazole rings is 2. The van der Waals surface area contributed by atoms with Crippen molar-refractivity contribution in [2.45, 2.75) is 38.3 Å². The summed E-state index contributed by atoms with van der Waals surface area (Å²) >= 11 is 0. The number of nitrogens with zero attached hydrogens (tertiary/aromatic N) is 5. The summed E-state index contributed by atoms with van der Waals surface area (Å²) in [6.07, 6.45) is 11.2. The van der Waals surface area contributed by atoms with Gasteiger partial charge in [0.1, 0.15) is 5.65 Å². The van der Waals surface area contributed by atoms with Crippen LogP contribution in [0, 0.1) is 6.92 Å². The number of rotatable bonds is 3. The number of nitrogens with one attached hydrogen (secondary N) is 1. The van der Waals surface area contributed by atoms with Gasteiger partial charge < -0.3 is 9.88 Å². The van der Waals surface area contributed by atoms with Crippen LogP contribution in [0.15, 0.2) is 55.2 Å². The molecule has 1 N–H and O–H groups in total. The van der Waals surface area contributed by atoms with Gasteiger partial charge in [0.05, 0.1) is 47.4 Å². The van der Waals surface area contributed by atoms with Gasteiger partial charge in [-0.3, -0.25) is 9.38 Å². The molecule has 0 radical (unpaired) electrons. The molecule has 0 amide bonds. The van der Waals surface area contributed by atoms with Crippen LogP contribution in [0.2, 0.25) is 0 Å². The minimum atomic E-state index is 0.236. The molecule has 1 saturated heterocycles. The van der Waals surface area contributed by atoms with Crippen LogP contribution in [0.25, 0.3) is 17.0 Å². The van der Waals surface area contributed by atoms with Crippen LogP contribution in [-0.4, -0.2) is 23.9 Å². The number of fused-ring (bicyclic) bond motifs is 1. The number of hydrogen-bond acceptors (Lipinski definition) is 4. The van der Waals surface area contributed by atoms with Gasteiger partial charge in [0, 0.05) is 19.4 Å². The highest BCUT2D eigenvalue weighted by Crippen LogP contribution is 2.33. The number of aryl methyl sites for hydroxylation is 2. The first-order valence-corrected chi connectivity index (χ1v) is 9.83. The van der Waals surface area contributed by atoms with Crippen LogP contribution in [0.1, 0.15) is 48.3 Å². The molecule has 4 aromatic heterocycles. The van der Waals surface area contributed by atoms with Crippen LogP contribution in [-0.2, 0) is 7.05 Å². The Morgan fingerprint density at radius 1 is 1.07 bits per heavy atom. The lowest BCUT2D eigenvalue weighted by Gasteiger charge is -2.30. The Balaban J connectivity index is 1.50. The fraction of sp³-hybridized carbons (Fsp3) is 0.318. The van der Waals surface area contributed by atoms with E-state index >= 15 is 0 Å². The van der Waals surface area contributed by atoms with Crippen molar-refractivity contribution in [1.82, 2.24) is 29.2 Å². The molecule has 1 fully saturated rings. The molecule has 2 atom stereocenters. The maximum atomic E-state index is 4.94. The van der Waals surface area contributed by atoms with E-state index in [0.717, 1.165) is 41.3 Å². The minimum absolute atomic E-state index is 0.236. The zero-order chi connectivity index (χ0) is 19.1. The molecule has 0 aliphatic carbocycles. The van der Waals surface area contributed by atoms with Gasteiger partial charge in [-0.05, 0) is 49.9 Å². The second-order valence-electron chi connectivity index (χ2n) is 7.60. The normalized spacial score (nSPS) is 19.9. The van der Waals surface area contributed by atoms with Crippen LogP contribution in [0.5, 0.6) is 0 Å². The lowest BCUT2D eigenvalue weighted by atomic mass is 9.93. The highest BCUT2D eigenvalue weighted by Gasteiger charge is 2.27. The molecule has 142 valence electrons. The van der Waals surface area contributed by atoms with Gasteiger partial charge in [0.15, 0.2) is 0 Å². The van der Waals surface area contributed by atoms with E-state index in [4.69, 9.17) is 4.98 Å². The van der Waals surface area contributed by atoms with E-state index in [1.807, 2.05) is 36.4 Å². The smallest absolute Gasteiger partial charge is 0.137 e. The molecular weight excluding hydrogens is 348 g/mol. The summed E-state index contributed by atoms with van der Waals surface area (Å²) in [5, 5.41) is 3.80. The van der Waals surface area contributed by atoms with Crippen LogP contribution in [0.4, 0.5) is 0 Å². The van der Waals surface area contributed by atoms with E-state index in [9.17, 15) is 0 Å². The molecular formula is C22H24N6. The fourth-order valence-corrected chi connectivity index (χ4v) is 4.26. The van der Waals surface area contributed by atoms with Crippen LogP contribution < -0.4 is 5.32 Å². The standard InChI is InChI=1S/C22H24N6/c1-15-6-5-11-24-22(15)17-8-3-7-16(25-17)18-13-28-19(9-4-10-21(28)26-18)20-12-23-14-27(20)2/h4-6,9-14,16-17,25H,3,7-8H2,1-2H3. The van der Waals surface area contributed by atoms with Crippen molar-refractivity contribution in [3.8, 4) is 11.4 Å². The number of piperidine rings is 1. The van der Waals surface area contributed by atoms with Crippen LogP contribution in [0.3, 0.4) is 0 Å². The lowest BCUT2D eigenvalue weighted by Crippen LogP contribution is -2.32. The first-order valence-electron chi connectivity index (χ1n) is 9.83. The van der Waals surface area contributed by atoms with Gasteiger partial charge in [-0.25, -0.2) is 9.97 Å². The maximum Gasteiger partial charge on any atom is 0.137 e. The molecule has 1 aliphatic rings. The molecule has 5 heterocycles. The van der Waals surface area contributed by atoms with Gasteiger partial charge >= 0.3 is 0 Å². The van der Waals surface area contributed by atoms with Crippen molar-refractivity contribution in [3.05, 3.63) is 72.2 Å². The minimum Gasteiger partial charge on any atom is -0.333 e. The summed E-state index contributed by atoms with van der Waals surface area (Å²) in [7, 11) is 2.02. The quantitative estimate of drug-likeness (QED) is 0.591. The molecule has 0 aromatic carbocycles. The predicted octanol–water partition coefficient (Wildman–Crippen LogP) is 3.99. The Kier molecular flexibility index (Phi) is 4.20. The Morgan fingerprint density at radius 2 is 1.96 bits per heavy atom. The van der Waals surface area contributed by atoms with Crippen molar-refractivity contribution < 1.29 is 0 Å². The molecule has 1 aliphatic heterocycles. The first-order chi connectivity index (χ1) is 13.7. The Hall–Kier alpha value is -2.99. The molecule has 2 unspecified atom stereocenters. The van der Waals surface area contributed by atoms with E-state index in [1.54, 1.807) is 0 Å². The molecule has 6 heteroatoms. The van der Waals surface area contributed by atoms with Crippen molar-refractivity contribution in [2.24, 2.45) is 7.05 Å². The summed E-state index contributed by atoms with van der Waals surface area (Å²) in [6, 6.07) is 10.9. The summed E-state index contributed by atoms with van der Waals surface area (Å²) < 4.78 is 4.21. The van der Waals surface area contributed by atoms with Gasteiger partial charge in [-0.2, -0.15) is 0 Å². The third kappa shape index (κ3) is 2.90. The van der Waals surface area contributed by atoms with E-state index in [-0.39, 0.29) is 12.1 Å².